The van der Waals surface area contributed by atoms with Gasteiger partial charge >= 0.3 is 6.18 Å². The zero-order valence-corrected chi connectivity index (χ0v) is 19.9. The number of aromatic nitrogens is 1. The van der Waals surface area contributed by atoms with Crippen molar-refractivity contribution in [2.75, 3.05) is 4.72 Å². The predicted molar refractivity (Wildman–Crippen MR) is 126 cm³/mol. The monoisotopic (exact) mass is 509 g/mol. The molecular formula is C24H26F3N3O4S. The summed E-state index contributed by atoms with van der Waals surface area (Å²) >= 11 is 0. The van der Waals surface area contributed by atoms with Gasteiger partial charge < -0.3 is 5.73 Å². The van der Waals surface area contributed by atoms with E-state index in [2.05, 4.69) is 4.72 Å². The van der Waals surface area contributed by atoms with E-state index in [1.165, 1.54) is 12.1 Å². The first-order valence-corrected chi connectivity index (χ1v) is 12.6. The maximum Gasteiger partial charge on any atom is 0.416 e. The largest absolute Gasteiger partial charge is 0.416 e. The Morgan fingerprint density at radius 3 is 2.43 bits per heavy atom. The first-order valence-electron chi connectivity index (χ1n) is 11.1. The molecule has 0 atom stereocenters. The number of hydrogen-bond donors (Lipinski definition) is 2. The van der Waals surface area contributed by atoms with Crippen LogP contribution in [0, 0.1) is 0 Å². The van der Waals surface area contributed by atoms with Gasteiger partial charge in [0.15, 0.2) is 0 Å². The van der Waals surface area contributed by atoms with Crippen molar-refractivity contribution in [2.24, 2.45) is 5.73 Å². The summed E-state index contributed by atoms with van der Waals surface area (Å²) in [6.45, 7) is 1.89. The van der Waals surface area contributed by atoms with Gasteiger partial charge in [-0.3, -0.25) is 18.9 Å². The van der Waals surface area contributed by atoms with Gasteiger partial charge in [0.1, 0.15) is 0 Å². The lowest BCUT2D eigenvalue weighted by atomic mass is 10.1. The molecule has 0 aliphatic carbocycles. The molecule has 0 bridgehead atoms. The first kappa shape index (κ1) is 26.3. The number of nitrogens with two attached hydrogens (primary N) is 1. The zero-order valence-electron chi connectivity index (χ0n) is 19.1. The first-order chi connectivity index (χ1) is 16.4. The maximum atomic E-state index is 13.0. The van der Waals surface area contributed by atoms with Crippen LogP contribution in [0.5, 0.6) is 0 Å². The van der Waals surface area contributed by atoms with Gasteiger partial charge in [-0.05, 0) is 68.1 Å². The van der Waals surface area contributed by atoms with E-state index >= 15 is 0 Å². The van der Waals surface area contributed by atoms with Crippen molar-refractivity contribution < 1.29 is 31.2 Å². The number of carbonyl (C=O) groups excluding carboxylic acids is 2. The van der Waals surface area contributed by atoms with Crippen LogP contribution in [0.1, 0.15) is 55.1 Å². The maximum absolute atomic E-state index is 13.0. The third kappa shape index (κ3) is 6.41. The van der Waals surface area contributed by atoms with Crippen LogP contribution in [0.15, 0.2) is 53.4 Å². The van der Waals surface area contributed by atoms with Gasteiger partial charge in [-0.25, -0.2) is 8.42 Å². The van der Waals surface area contributed by atoms with E-state index in [-0.39, 0.29) is 18.0 Å². The Morgan fingerprint density at radius 1 is 1.03 bits per heavy atom. The molecule has 0 radical (unpaired) electrons. The van der Waals surface area contributed by atoms with E-state index in [1.54, 1.807) is 16.7 Å². The number of amides is 1. The summed E-state index contributed by atoms with van der Waals surface area (Å²) in [6.07, 6.45) is -1.75. The average molecular weight is 510 g/mol. The molecule has 0 saturated carbocycles. The molecule has 0 saturated heterocycles. The average Bonchev–Trinajstić information content (AvgIpc) is 3.13. The lowest BCUT2D eigenvalue weighted by molar-refractivity contribution is -0.137. The minimum Gasteiger partial charge on any atom is -0.370 e. The summed E-state index contributed by atoms with van der Waals surface area (Å²) in [6, 6.07) is 9.85. The summed E-state index contributed by atoms with van der Waals surface area (Å²) in [4.78, 5) is 23.2. The molecule has 3 N–H and O–H groups in total. The Kier molecular flexibility index (Phi) is 7.89. The summed E-state index contributed by atoms with van der Waals surface area (Å²) in [5.74, 6) is -0.505. The molecule has 3 rings (SSSR count). The van der Waals surface area contributed by atoms with Gasteiger partial charge in [0, 0.05) is 29.6 Å². The van der Waals surface area contributed by atoms with Crippen LogP contribution in [0.3, 0.4) is 0 Å². The van der Waals surface area contributed by atoms with Crippen molar-refractivity contribution in [3.63, 3.8) is 0 Å². The molecule has 2 aromatic carbocycles. The van der Waals surface area contributed by atoms with Crippen molar-refractivity contribution in [1.82, 2.24) is 4.57 Å². The fourth-order valence-corrected chi connectivity index (χ4v) is 4.89. The lowest BCUT2D eigenvalue weighted by Crippen LogP contribution is -2.15. The van der Waals surface area contributed by atoms with Crippen molar-refractivity contribution in [3.8, 4) is 0 Å². The summed E-state index contributed by atoms with van der Waals surface area (Å²) in [5, 5.41) is 0.601. The van der Waals surface area contributed by atoms with Crippen LogP contribution >= 0.6 is 0 Å². The number of aryl methyl sites for hydroxylation is 1. The van der Waals surface area contributed by atoms with Crippen LogP contribution < -0.4 is 10.5 Å². The molecule has 35 heavy (non-hydrogen) atoms. The minimum absolute atomic E-state index is 0.107. The number of fused-ring (bicyclic) bond motifs is 1. The zero-order chi connectivity index (χ0) is 25.8. The standard InChI is InChI=1S/C24H26F3N3O4S/c1-2-6-23(32)30-19(8-3-4-10-22(28)31)14-16-13-18(11-12-21(16)30)29-35(33,34)20-9-5-7-17(15-20)24(25,26)27/h5,7,9,11-15,29H,2-4,6,8,10H2,1H3,(H2,28,31). The number of unbranched alkanes of at least 4 members (excludes halogenated alkanes) is 1. The molecule has 0 fully saturated rings. The van der Waals surface area contributed by atoms with E-state index in [0.29, 0.717) is 49.1 Å². The van der Waals surface area contributed by atoms with Crippen molar-refractivity contribution in [3.05, 3.63) is 59.8 Å². The number of halogens is 3. The molecule has 1 aromatic heterocycles. The van der Waals surface area contributed by atoms with Gasteiger partial charge in [-0.2, -0.15) is 13.2 Å². The molecule has 11 heteroatoms. The highest BCUT2D eigenvalue weighted by Gasteiger charge is 2.31. The van der Waals surface area contributed by atoms with Crippen molar-refractivity contribution in [2.45, 2.75) is 56.5 Å². The molecule has 1 heterocycles. The molecule has 0 aliphatic rings. The molecular weight excluding hydrogens is 483 g/mol. The minimum atomic E-state index is -4.67. The van der Waals surface area contributed by atoms with Gasteiger partial charge in [0.2, 0.25) is 11.8 Å². The number of nitrogens with zero attached hydrogens (tertiary/aromatic N) is 1. The van der Waals surface area contributed by atoms with E-state index in [4.69, 9.17) is 5.73 Å². The molecule has 0 unspecified atom stereocenters. The topological polar surface area (TPSA) is 111 Å². The fourth-order valence-electron chi connectivity index (χ4n) is 3.80. The van der Waals surface area contributed by atoms with Crippen LogP contribution in [-0.4, -0.2) is 24.8 Å². The Labute approximate surface area is 201 Å². The van der Waals surface area contributed by atoms with Crippen LogP contribution in [-0.2, 0) is 27.4 Å². The molecule has 3 aromatic rings. The van der Waals surface area contributed by atoms with E-state index in [9.17, 15) is 31.2 Å². The second-order valence-corrected chi connectivity index (χ2v) is 9.88. The fraction of sp³-hybridized carbons (Fsp3) is 0.333. The summed E-state index contributed by atoms with van der Waals surface area (Å²) in [7, 11) is -4.29. The van der Waals surface area contributed by atoms with Crippen molar-refractivity contribution in [1.29, 1.82) is 0 Å². The number of benzene rings is 2. The van der Waals surface area contributed by atoms with Crippen LogP contribution in [0.4, 0.5) is 18.9 Å². The number of sulfonamides is 1. The number of carbonyl (C=O) groups is 2. The number of rotatable bonds is 10. The van der Waals surface area contributed by atoms with Gasteiger partial charge in [0.25, 0.3) is 10.0 Å². The van der Waals surface area contributed by atoms with E-state index in [1.807, 2.05) is 6.92 Å². The normalized spacial score (nSPS) is 12.1. The Balaban J connectivity index is 1.92. The smallest absolute Gasteiger partial charge is 0.370 e. The SMILES string of the molecule is CCCC(=O)n1c(CCCCC(N)=O)cc2cc(NS(=O)(=O)c3cccc(C(F)(F)F)c3)ccc21. The number of anilines is 1. The predicted octanol–water partition coefficient (Wildman–Crippen LogP) is 5.10. The van der Waals surface area contributed by atoms with E-state index in [0.717, 1.165) is 23.9 Å². The highest BCUT2D eigenvalue weighted by molar-refractivity contribution is 7.92. The quantitative estimate of drug-likeness (QED) is 0.371. The molecule has 1 amide bonds. The van der Waals surface area contributed by atoms with Gasteiger partial charge in [0.05, 0.1) is 16.0 Å². The summed E-state index contributed by atoms with van der Waals surface area (Å²) in [5.41, 5.74) is 5.58. The molecule has 0 aliphatic heterocycles. The van der Waals surface area contributed by atoms with Crippen LogP contribution in [0.2, 0.25) is 0 Å². The number of primary amides is 1. The van der Waals surface area contributed by atoms with Crippen molar-refractivity contribution >= 4 is 38.4 Å². The third-order valence-electron chi connectivity index (χ3n) is 5.42. The number of hydrogen-bond acceptors (Lipinski definition) is 4. The van der Waals surface area contributed by atoms with Crippen LogP contribution in [0.25, 0.3) is 10.9 Å². The third-order valence-corrected chi connectivity index (χ3v) is 6.80. The van der Waals surface area contributed by atoms with Gasteiger partial charge in [-0.1, -0.05) is 13.0 Å². The van der Waals surface area contributed by atoms with Gasteiger partial charge in [-0.15, -0.1) is 0 Å². The second-order valence-electron chi connectivity index (χ2n) is 8.19. The molecule has 7 nitrogen and oxygen atoms in total. The second kappa shape index (κ2) is 10.5. The Morgan fingerprint density at radius 2 is 1.77 bits per heavy atom. The lowest BCUT2D eigenvalue weighted by Gasteiger charge is -2.12. The number of nitrogens with one attached hydrogen (secondary N) is 1. The Hall–Kier alpha value is -3.34. The summed E-state index contributed by atoms with van der Waals surface area (Å²) < 4.78 is 68.4. The Bertz CT molecular complexity index is 1350. The number of alkyl halides is 3. The highest BCUT2D eigenvalue weighted by atomic mass is 32.2. The van der Waals surface area contributed by atoms with E-state index < -0.39 is 32.6 Å². The highest BCUT2D eigenvalue weighted by Crippen LogP contribution is 2.31. The molecule has 0 spiro atoms. The molecule has 188 valence electrons.